The summed E-state index contributed by atoms with van der Waals surface area (Å²) in [6.45, 7) is 17.7. The molecule has 0 saturated heterocycles. The molecule has 42 heavy (non-hydrogen) atoms. The maximum Gasteiger partial charge on any atom is 0.514 e. The zero-order chi connectivity index (χ0) is 32.1. The van der Waals surface area contributed by atoms with Gasteiger partial charge in [0.15, 0.2) is 11.5 Å². The Kier molecular flexibility index (Phi) is 15.1. The van der Waals surface area contributed by atoms with Gasteiger partial charge in [-0.25, -0.2) is 14.4 Å². The Bertz CT molecular complexity index is 1040. The summed E-state index contributed by atoms with van der Waals surface area (Å²) in [7, 11) is 0. The van der Waals surface area contributed by atoms with E-state index in [9.17, 15) is 19.2 Å². The van der Waals surface area contributed by atoms with Crippen molar-refractivity contribution in [1.82, 2.24) is 0 Å². The van der Waals surface area contributed by atoms with Gasteiger partial charge in [-0.05, 0) is 77.0 Å². The summed E-state index contributed by atoms with van der Waals surface area (Å²) >= 11 is 0. The van der Waals surface area contributed by atoms with Crippen LogP contribution >= 0.6 is 0 Å². The quantitative estimate of drug-likeness (QED) is 0.153. The zero-order valence-electron chi connectivity index (χ0n) is 26.3. The van der Waals surface area contributed by atoms with E-state index in [1.165, 1.54) is 12.1 Å². The van der Waals surface area contributed by atoms with E-state index in [-0.39, 0.29) is 35.9 Å². The monoisotopic (exact) mass is 597 g/mol. The largest absolute Gasteiger partial charge is 0.514 e. The normalized spacial score (nSPS) is 15.5. The van der Waals surface area contributed by atoms with E-state index in [0.717, 1.165) is 0 Å². The van der Waals surface area contributed by atoms with Crippen molar-refractivity contribution in [3.63, 3.8) is 0 Å². The van der Waals surface area contributed by atoms with Crippen LogP contribution in [0.3, 0.4) is 0 Å². The lowest BCUT2D eigenvalue weighted by molar-refractivity contribution is -0.155. The smallest absolute Gasteiger partial charge is 0.458 e. The highest BCUT2D eigenvalue weighted by Crippen LogP contribution is 2.30. The Hall–Kier alpha value is -3.54. The second kappa shape index (κ2) is 17.4. The standard InChI is InChI=1S/C30H47NO11/c1-11-18(6)36-28(33)40-22(10)21(9)37-27(32)24(31)14-23-12-13-25(41-29(34)38-19(7)16(2)3)26(15-23)42-30(35)39-20(8)17(4)5/h12-13,15-22,24H,11,14,31H2,1-10H3/t18?,19?,20?,21-,22-,24-/m0/s1. The lowest BCUT2D eigenvalue weighted by Crippen LogP contribution is -2.39. The Labute approximate surface area is 248 Å². The highest BCUT2D eigenvalue weighted by molar-refractivity contribution is 5.76. The fraction of sp³-hybridized carbons (Fsp3) is 0.667. The van der Waals surface area contributed by atoms with Crippen LogP contribution in [-0.2, 0) is 34.9 Å². The van der Waals surface area contributed by atoms with Crippen LogP contribution in [0.25, 0.3) is 0 Å². The van der Waals surface area contributed by atoms with E-state index >= 15 is 0 Å². The fourth-order valence-electron chi connectivity index (χ4n) is 2.87. The summed E-state index contributed by atoms with van der Waals surface area (Å²) in [5.74, 6) is -0.864. The molecule has 0 aliphatic carbocycles. The van der Waals surface area contributed by atoms with Crippen LogP contribution in [0.5, 0.6) is 11.5 Å². The van der Waals surface area contributed by atoms with Crippen LogP contribution in [0, 0.1) is 11.8 Å². The maximum atomic E-state index is 12.7. The Morgan fingerprint density at radius 1 is 0.643 bits per heavy atom. The van der Waals surface area contributed by atoms with Crippen LogP contribution in [0.2, 0.25) is 0 Å². The molecular formula is C30H47NO11. The predicted octanol–water partition coefficient (Wildman–Crippen LogP) is 5.95. The van der Waals surface area contributed by atoms with Gasteiger partial charge >= 0.3 is 24.4 Å². The average molecular weight is 598 g/mol. The van der Waals surface area contributed by atoms with E-state index in [4.69, 9.17) is 38.9 Å². The zero-order valence-corrected chi connectivity index (χ0v) is 26.3. The first-order valence-electron chi connectivity index (χ1n) is 14.3. The molecule has 0 aliphatic heterocycles. The highest BCUT2D eigenvalue weighted by atomic mass is 16.8. The fourth-order valence-corrected chi connectivity index (χ4v) is 2.87. The molecule has 3 unspecified atom stereocenters. The van der Waals surface area contributed by atoms with E-state index in [1.54, 1.807) is 40.7 Å². The van der Waals surface area contributed by atoms with E-state index < -0.39 is 54.9 Å². The van der Waals surface area contributed by atoms with E-state index in [1.807, 2.05) is 34.6 Å². The van der Waals surface area contributed by atoms with Gasteiger partial charge in [0, 0.05) is 0 Å². The molecule has 0 radical (unpaired) electrons. The molecule has 1 aromatic rings. The molecule has 1 rings (SSSR count). The summed E-state index contributed by atoms with van der Waals surface area (Å²) in [5, 5.41) is 0. The number of esters is 1. The molecule has 1 aromatic carbocycles. The van der Waals surface area contributed by atoms with Gasteiger partial charge in [-0.2, -0.15) is 0 Å². The third-order valence-corrected chi connectivity index (χ3v) is 6.71. The molecule has 0 aromatic heterocycles. The minimum absolute atomic E-state index is 0.0141. The van der Waals surface area contributed by atoms with E-state index in [2.05, 4.69) is 0 Å². The Morgan fingerprint density at radius 2 is 1.12 bits per heavy atom. The molecule has 0 aliphatic rings. The predicted molar refractivity (Wildman–Crippen MR) is 153 cm³/mol. The lowest BCUT2D eigenvalue weighted by Gasteiger charge is -2.23. The molecule has 2 N–H and O–H groups in total. The number of carbonyl (C=O) groups excluding carboxylic acids is 4. The molecule has 0 bridgehead atoms. The summed E-state index contributed by atoms with van der Waals surface area (Å²) in [5.41, 5.74) is 6.57. The number of nitrogens with two attached hydrogens (primary N) is 1. The first kappa shape index (κ1) is 36.5. The topological polar surface area (TPSA) is 159 Å². The number of hydrogen-bond donors (Lipinski definition) is 1. The van der Waals surface area contributed by atoms with Gasteiger partial charge in [-0.3, -0.25) is 4.79 Å². The van der Waals surface area contributed by atoms with Crippen molar-refractivity contribution in [2.75, 3.05) is 0 Å². The van der Waals surface area contributed by atoms with Crippen LogP contribution < -0.4 is 15.2 Å². The lowest BCUT2D eigenvalue weighted by atomic mass is 10.1. The molecule has 0 saturated carbocycles. The van der Waals surface area contributed by atoms with Crippen molar-refractivity contribution in [2.24, 2.45) is 17.6 Å². The first-order chi connectivity index (χ1) is 19.5. The number of carbonyl (C=O) groups is 4. The molecule has 0 heterocycles. The van der Waals surface area contributed by atoms with Crippen LogP contribution in [0.15, 0.2) is 18.2 Å². The molecular weight excluding hydrogens is 550 g/mol. The Balaban J connectivity index is 2.98. The van der Waals surface area contributed by atoms with Gasteiger partial charge in [0.2, 0.25) is 0 Å². The number of benzene rings is 1. The van der Waals surface area contributed by atoms with Gasteiger partial charge in [-0.15, -0.1) is 0 Å². The van der Waals surface area contributed by atoms with Crippen molar-refractivity contribution in [1.29, 1.82) is 0 Å². The third-order valence-electron chi connectivity index (χ3n) is 6.71. The second-order valence-corrected chi connectivity index (χ2v) is 11.0. The Morgan fingerprint density at radius 3 is 1.62 bits per heavy atom. The van der Waals surface area contributed by atoms with Crippen LogP contribution in [-0.4, -0.2) is 61.0 Å². The number of ether oxygens (including phenoxy) is 7. The molecule has 12 heteroatoms. The van der Waals surface area contributed by atoms with Crippen molar-refractivity contribution in [2.45, 2.75) is 119 Å². The van der Waals surface area contributed by atoms with Gasteiger partial charge in [0.1, 0.15) is 36.6 Å². The number of hydrogen-bond acceptors (Lipinski definition) is 12. The highest BCUT2D eigenvalue weighted by Gasteiger charge is 2.26. The molecule has 12 nitrogen and oxygen atoms in total. The van der Waals surface area contributed by atoms with Crippen molar-refractivity contribution < 1.29 is 52.3 Å². The van der Waals surface area contributed by atoms with E-state index in [0.29, 0.717) is 12.0 Å². The van der Waals surface area contributed by atoms with Gasteiger partial charge in [0.25, 0.3) is 0 Å². The third kappa shape index (κ3) is 13.0. The average Bonchev–Trinajstić information content (AvgIpc) is 2.89. The molecule has 6 atom stereocenters. The molecule has 238 valence electrons. The van der Waals surface area contributed by atoms with Crippen LogP contribution in [0.4, 0.5) is 14.4 Å². The summed E-state index contributed by atoms with van der Waals surface area (Å²) in [6.07, 6.45) is -4.97. The molecule has 0 fully saturated rings. The maximum absolute atomic E-state index is 12.7. The minimum atomic E-state index is -1.11. The van der Waals surface area contributed by atoms with Gasteiger partial charge < -0.3 is 38.9 Å². The molecule has 0 amide bonds. The number of rotatable bonds is 14. The minimum Gasteiger partial charge on any atom is -0.458 e. The van der Waals surface area contributed by atoms with Gasteiger partial charge in [0.05, 0.1) is 0 Å². The molecule has 0 spiro atoms. The van der Waals surface area contributed by atoms with Crippen molar-refractivity contribution >= 4 is 24.4 Å². The summed E-state index contributed by atoms with van der Waals surface area (Å²) < 4.78 is 36.8. The first-order valence-corrected chi connectivity index (χ1v) is 14.3. The summed E-state index contributed by atoms with van der Waals surface area (Å²) in [4.78, 5) is 49.3. The second-order valence-electron chi connectivity index (χ2n) is 11.0. The van der Waals surface area contributed by atoms with Crippen molar-refractivity contribution in [3.8, 4) is 11.5 Å². The SMILES string of the molecule is CCC(C)OC(=O)O[C@@H](C)[C@H](C)OC(=O)[C@@H](N)Cc1ccc(OC(=O)OC(C)C(C)C)c(OC(=O)OC(C)C(C)C)c1. The van der Waals surface area contributed by atoms with Gasteiger partial charge in [-0.1, -0.05) is 40.7 Å². The van der Waals surface area contributed by atoms with Crippen LogP contribution in [0.1, 0.15) is 81.2 Å². The van der Waals surface area contributed by atoms with Crippen molar-refractivity contribution in [3.05, 3.63) is 23.8 Å². The summed E-state index contributed by atoms with van der Waals surface area (Å²) in [6, 6.07) is 3.24.